The topological polar surface area (TPSA) is 49.4 Å². The molecule has 0 heterocycles. The molecule has 1 unspecified atom stereocenters. The van der Waals surface area contributed by atoms with E-state index in [2.05, 4.69) is 4.72 Å². The van der Waals surface area contributed by atoms with Gasteiger partial charge in [-0.25, -0.2) is 13.1 Å². The fourth-order valence-electron chi connectivity index (χ4n) is 2.34. The Hall–Kier alpha value is -1.90. The molecule has 0 amide bonds. The minimum absolute atomic E-state index is 0.208. The summed E-state index contributed by atoms with van der Waals surface area (Å²) in [5.41, 5.74) is -0.119. The molecule has 2 aromatic carbocycles. The lowest BCUT2D eigenvalue weighted by Gasteiger charge is -2.23. The Kier molecular flexibility index (Phi) is 5.87. The van der Waals surface area contributed by atoms with Crippen molar-refractivity contribution in [1.29, 1.82) is 0 Å². The van der Waals surface area contributed by atoms with Crippen LogP contribution in [0.2, 0.25) is 0 Å². The number of hydrogen-bond donors (Lipinski definition) is 1. The first-order valence-electron chi connectivity index (χ1n) is 7.49. The summed E-state index contributed by atoms with van der Waals surface area (Å²) in [6.07, 6.45) is -4.51. The molecule has 136 valence electrons. The van der Waals surface area contributed by atoms with E-state index in [1.54, 1.807) is 24.3 Å². The molecule has 0 aliphatic rings. The van der Waals surface area contributed by atoms with Gasteiger partial charge in [0.1, 0.15) is 0 Å². The maximum atomic E-state index is 12.6. The standard InChI is InChI=1S/C17H19F3N2O2S/c1-22(2)12-16(13-6-4-3-5-7-13)21-25(23,24)15-10-8-14(9-11-15)17(18,19)20/h3-11,16,21H,12H2,1-2H3. The fourth-order valence-corrected chi connectivity index (χ4v) is 3.56. The molecule has 1 N–H and O–H groups in total. The second-order valence-electron chi connectivity index (χ2n) is 5.87. The molecule has 0 aliphatic carbocycles. The Morgan fingerprint density at radius 2 is 1.56 bits per heavy atom. The highest BCUT2D eigenvalue weighted by Gasteiger charge is 2.31. The predicted octanol–water partition coefficient (Wildman–Crippen LogP) is 3.29. The van der Waals surface area contributed by atoms with Crippen LogP contribution in [0.25, 0.3) is 0 Å². The smallest absolute Gasteiger partial charge is 0.307 e. The van der Waals surface area contributed by atoms with Gasteiger partial charge in [-0.1, -0.05) is 30.3 Å². The number of halogens is 3. The zero-order chi connectivity index (χ0) is 18.7. The monoisotopic (exact) mass is 372 g/mol. The SMILES string of the molecule is CN(C)CC(NS(=O)(=O)c1ccc(C(F)(F)F)cc1)c1ccccc1. The van der Waals surface area contributed by atoms with Gasteiger partial charge in [0.15, 0.2) is 0 Å². The number of sulfonamides is 1. The summed E-state index contributed by atoms with van der Waals surface area (Å²) >= 11 is 0. The Bertz CT molecular complexity index is 789. The molecule has 25 heavy (non-hydrogen) atoms. The average Bonchev–Trinajstić information content (AvgIpc) is 2.54. The first kappa shape index (κ1) is 19.4. The van der Waals surface area contributed by atoms with Gasteiger partial charge in [-0.05, 0) is 43.9 Å². The minimum atomic E-state index is -4.51. The van der Waals surface area contributed by atoms with Crippen LogP contribution in [0.15, 0.2) is 59.5 Å². The molecule has 2 aromatic rings. The summed E-state index contributed by atoms with van der Waals surface area (Å²) in [5.74, 6) is 0. The van der Waals surface area contributed by atoms with Gasteiger partial charge in [-0.2, -0.15) is 13.2 Å². The van der Waals surface area contributed by atoms with Gasteiger partial charge in [0.25, 0.3) is 0 Å². The molecule has 4 nitrogen and oxygen atoms in total. The second-order valence-corrected chi connectivity index (χ2v) is 7.58. The highest BCUT2D eigenvalue weighted by molar-refractivity contribution is 7.89. The van der Waals surface area contributed by atoms with Crippen LogP contribution in [-0.4, -0.2) is 34.0 Å². The van der Waals surface area contributed by atoms with Gasteiger partial charge in [0.05, 0.1) is 16.5 Å². The van der Waals surface area contributed by atoms with Crippen LogP contribution in [0.5, 0.6) is 0 Å². The Morgan fingerprint density at radius 3 is 2.04 bits per heavy atom. The van der Waals surface area contributed by atoms with Crippen LogP contribution in [0, 0.1) is 0 Å². The van der Waals surface area contributed by atoms with Crippen molar-refractivity contribution < 1.29 is 21.6 Å². The van der Waals surface area contributed by atoms with Gasteiger partial charge >= 0.3 is 6.18 Å². The van der Waals surface area contributed by atoms with E-state index in [0.717, 1.165) is 29.8 Å². The molecule has 0 bridgehead atoms. The van der Waals surface area contributed by atoms with Gasteiger partial charge in [-0.3, -0.25) is 0 Å². The van der Waals surface area contributed by atoms with Gasteiger partial charge in [0.2, 0.25) is 10.0 Å². The van der Waals surface area contributed by atoms with Crippen molar-refractivity contribution in [3.05, 3.63) is 65.7 Å². The lowest BCUT2D eigenvalue weighted by molar-refractivity contribution is -0.137. The van der Waals surface area contributed by atoms with Gasteiger partial charge in [-0.15, -0.1) is 0 Å². The predicted molar refractivity (Wildman–Crippen MR) is 89.5 cm³/mol. The Morgan fingerprint density at radius 1 is 1.00 bits per heavy atom. The van der Waals surface area contributed by atoms with E-state index in [1.165, 1.54) is 0 Å². The van der Waals surface area contributed by atoms with Crippen molar-refractivity contribution in [2.24, 2.45) is 0 Å². The highest BCUT2D eigenvalue weighted by Crippen LogP contribution is 2.30. The lowest BCUT2D eigenvalue weighted by Crippen LogP contribution is -2.35. The molecular weight excluding hydrogens is 353 g/mol. The average molecular weight is 372 g/mol. The van der Waals surface area contributed by atoms with E-state index < -0.39 is 27.8 Å². The van der Waals surface area contributed by atoms with Crippen molar-refractivity contribution in [3.8, 4) is 0 Å². The fraction of sp³-hybridized carbons (Fsp3) is 0.294. The number of alkyl halides is 3. The molecule has 0 aromatic heterocycles. The van der Waals surface area contributed by atoms with E-state index >= 15 is 0 Å². The normalized spacial score (nSPS) is 13.8. The largest absolute Gasteiger partial charge is 0.416 e. The van der Waals surface area contributed by atoms with Crippen LogP contribution in [-0.2, 0) is 16.2 Å². The zero-order valence-electron chi connectivity index (χ0n) is 13.8. The second kappa shape index (κ2) is 7.55. The maximum absolute atomic E-state index is 12.6. The summed E-state index contributed by atoms with van der Waals surface area (Å²) in [4.78, 5) is 1.62. The summed E-state index contributed by atoms with van der Waals surface area (Å²) in [5, 5.41) is 0. The van der Waals surface area contributed by atoms with Crippen LogP contribution in [0.4, 0.5) is 13.2 Å². The third kappa shape index (κ3) is 5.29. The molecular formula is C17H19F3N2O2S. The van der Waals surface area contributed by atoms with Crippen LogP contribution < -0.4 is 4.72 Å². The molecule has 0 spiro atoms. The summed E-state index contributed by atoms with van der Waals surface area (Å²) < 4.78 is 65.5. The molecule has 8 heteroatoms. The van der Waals surface area contributed by atoms with Crippen molar-refractivity contribution >= 4 is 10.0 Å². The first-order valence-corrected chi connectivity index (χ1v) is 8.97. The Labute approximate surface area is 145 Å². The molecule has 0 radical (unpaired) electrons. The molecule has 0 saturated carbocycles. The zero-order valence-corrected chi connectivity index (χ0v) is 14.6. The number of nitrogens with one attached hydrogen (secondary N) is 1. The summed E-state index contributed by atoms with van der Waals surface area (Å²) in [7, 11) is -0.344. The van der Waals surface area contributed by atoms with E-state index in [1.807, 2.05) is 25.1 Å². The Balaban J connectivity index is 2.28. The number of nitrogens with zero attached hydrogens (tertiary/aromatic N) is 1. The van der Waals surface area contributed by atoms with E-state index in [-0.39, 0.29) is 4.90 Å². The lowest BCUT2D eigenvalue weighted by atomic mass is 10.1. The van der Waals surface area contributed by atoms with Gasteiger partial charge < -0.3 is 4.90 Å². The quantitative estimate of drug-likeness (QED) is 0.847. The highest BCUT2D eigenvalue weighted by atomic mass is 32.2. The van der Waals surface area contributed by atoms with E-state index in [4.69, 9.17) is 0 Å². The van der Waals surface area contributed by atoms with E-state index in [0.29, 0.717) is 6.54 Å². The summed E-state index contributed by atoms with van der Waals surface area (Å²) in [6, 6.07) is 11.9. The summed E-state index contributed by atoms with van der Waals surface area (Å²) in [6.45, 7) is 0.407. The number of likely N-dealkylation sites (N-methyl/N-ethyl adjacent to an activating group) is 1. The van der Waals surface area contributed by atoms with Crippen molar-refractivity contribution in [2.45, 2.75) is 17.1 Å². The molecule has 0 fully saturated rings. The van der Waals surface area contributed by atoms with E-state index in [9.17, 15) is 21.6 Å². The molecule has 0 aliphatic heterocycles. The van der Waals surface area contributed by atoms with Gasteiger partial charge in [0, 0.05) is 6.54 Å². The van der Waals surface area contributed by atoms with Crippen molar-refractivity contribution in [1.82, 2.24) is 9.62 Å². The van der Waals surface area contributed by atoms with Crippen LogP contribution >= 0.6 is 0 Å². The van der Waals surface area contributed by atoms with Crippen LogP contribution in [0.3, 0.4) is 0 Å². The van der Waals surface area contributed by atoms with Crippen LogP contribution in [0.1, 0.15) is 17.2 Å². The molecule has 0 saturated heterocycles. The van der Waals surface area contributed by atoms with Crippen molar-refractivity contribution in [2.75, 3.05) is 20.6 Å². The molecule has 2 rings (SSSR count). The number of hydrogen-bond acceptors (Lipinski definition) is 3. The first-order chi connectivity index (χ1) is 11.6. The molecule has 1 atom stereocenters. The van der Waals surface area contributed by atoms with Crippen molar-refractivity contribution in [3.63, 3.8) is 0 Å². The number of rotatable bonds is 6. The third-order valence-corrected chi connectivity index (χ3v) is 5.03. The minimum Gasteiger partial charge on any atom is -0.307 e. The third-order valence-electron chi connectivity index (χ3n) is 3.54. The maximum Gasteiger partial charge on any atom is 0.416 e. The number of benzene rings is 2.